The number of hydrazone groups is 1. The number of carbonyl (C=O) groups is 2. The Morgan fingerprint density at radius 2 is 1.69 bits per heavy atom. The number of aryl methyl sites for hydroxylation is 1. The Kier molecular flexibility index (Phi) is 7.74. The lowest BCUT2D eigenvalue weighted by Gasteiger charge is -2.10. The van der Waals surface area contributed by atoms with Crippen LogP contribution in [-0.4, -0.2) is 30.2 Å². The Labute approximate surface area is 239 Å². The fourth-order valence-electron chi connectivity index (χ4n) is 4.16. The molecule has 0 radical (unpaired) electrons. The van der Waals surface area contributed by atoms with Crippen LogP contribution >= 0.6 is 22.6 Å². The highest BCUT2D eigenvalue weighted by Gasteiger charge is 2.19. The number of hydrogen-bond acceptors (Lipinski definition) is 5. The van der Waals surface area contributed by atoms with Crippen LogP contribution in [0.2, 0.25) is 0 Å². The summed E-state index contributed by atoms with van der Waals surface area (Å²) in [6.07, 6.45) is 1.50. The molecule has 1 aromatic heterocycles. The molecule has 0 atom stereocenters. The first-order chi connectivity index (χ1) is 18.9. The highest BCUT2D eigenvalue weighted by Crippen LogP contribution is 2.33. The van der Waals surface area contributed by atoms with Gasteiger partial charge in [0.15, 0.2) is 11.5 Å². The number of ether oxygens (including phenoxy) is 2. The molecule has 5 aromatic rings. The molecule has 4 aromatic carbocycles. The maximum atomic E-state index is 13.2. The summed E-state index contributed by atoms with van der Waals surface area (Å²) in [7, 11) is 1.49. The van der Waals surface area contributed by atoms with E-state index in [1.54, 1.807) is 30.3 Å². The van der Waals surface area contributed by atoms with Crippen LogP contribution in [0.4, 0.5) is 0 Å². The van der Waals surface area contributed by atoms with Gasteiger partial charge in [-0.15, -0.1) is 0 Å². The smallest absolute Gasteiger partial charge is 0.343 e. The maximum absolute atomic E-state index is 13.2. The molecule has 0 aliphatic heterocycles. The van der Waals surface area contributed by atoms with Gasteiger partial charge in [-0.2, -0.15) is 5.10 Å². The molecular weight excluding hydrogens is 605 g/mol. The maximum Gasteiger partial charge on any atom is 0.343 e. The number of halogens is 1. The number of aromatic nitrogens is 1. The number of amides is 1. The minimum Gasteiger partial charge on any atom is -0.493 e. The highest BCUT2D eigenvalue weighted by atomic mass is 127. The van der Waals surface area contributed by atoms with Crippen molar-refractivity contribution >= 4 is 51.6 Å². The first-order valence-electron chi connectivity index (χ1n) is 12.1. The summed E-state index contributed by atoms with van der Waals surface area (Å²) in [6, 6.07) is 27.9. The Morgan fingerprint density at radius 1 is 0.923 bits per heavy atom. The number of H-pyrrole nitrogens is 1. The first kappa shape index (κ1) is 26.2. The van der Waals surface area contributed by atoms with Crippen molar-refractivity contribution in [3.63, 3.8) is 0 Å². The summed E-state index contributed by atoms with van der Waals surface area (Å²) in [5.41, 5.74) is 7.79. The van der Waals surface area contributed by atoms with Crippen LogP contribution in [0.15, 0.2) is 96.1 Å². The minimum atomic E-state index is -0.482. The summed E-state index contributed by atoms with van der Waals surface area (Å²) in [5.74, 6) is -0.206. The first-order valence-corrected chi connectivity index (χ1v) is 13.2. The zero-order chi connectivity index (χ0) is 27.4. The molecule has 5 rings (SSSR count). The molecule has 0 saturated carbocycles. The van der Waals surface area contributed by atoms with Crippen molar-refractivity contribution in [3.8, 4) is 22.6 Å². The summed E-state index contributed by atoms with van der Waals surface area (Å²) >= 11 is 2.26. The van der Waals surface area contributed by atoms with Gasteiger partial charge >= 0.3 is 5.97 Å². The van der Waals surface area contributed by atoms with Gasteiger partial charge in [-0.3, -0.25) is 4.79 Å². The quantitative estimate of drug-likeness (QED) is 0.0686. The van der Waals surface area contributed by atoms with E-state index in [0.717, 1.165) is 31.2 Å². The molecule has 1 heterocycles. The summed E-state index contributed by atoms with van der Waals surface area (Å²) in [6.45, 7) is 1.95. The van der Waals surface area contributed by atoms with E-state index in [0.29, 0.717) is 22.6 Å². The molecule has 2 N–H and O–H groups in total. The van der Waals surface area contributed by atoms with Gasteiger partial charge in [0.05, 0.1) is 18.9 Å². The van der Waals surface area contributed by atoms with Crippen LogP contribution in [0.1, 0.15) is 32.0 Å². The van der Waals surface area contributed by atoms with E-state index in [-0.39, 0.29) is 11.7 Å². The molecule has 0 unspecified atom stereocenters. The summed E-state index contributed by atoms with van der Waals surface area (Å²) in [5, 5.41) is 5.11. The third-order valence-electron chi connectivity index (χ3n) is 6.11. The van der Waals surface area contributed by atoms with Crippen LogP contribution < -0.4 is 14.9 Å². The van der Waals surface area contributed by atoms with Crippen molar-refractivity contribution in [2.24, 2.45) is 5.10 Å². The fourth-order valence-corrected chi connectivity index (χ4v) is 4.65. The molecule has 0 spiro atoms. The van der Waals surface area contributed by atoms with Crippen LogP contribution in [0, 0.1) is 10.5 Å². The average Bonchev–Trinajstić information content (AvgIpc) is 3.33. The van der Waals surface area contributed by atoms with Gasteiger partial charge < -0.3 is 14.5 Å². The number of nitrogens with one attached hydrogen (secondary N) is 2. The molecule has 8 heteroatoms. The number of nitrogens with zero attached hydrogens (tertiary/aromatic N) is 1. The molecule has 0 fully saturated rings. The summed E-state index contributed by atoms with van der Waals surface area (Å²) < 4.78 is 12.0. The number of esters is 1. The highest BCUT2D eigenvalue weighted by molar-refractivity contribution is 14.1. The molecule has 39 heavy (non-hydrogen) atoms. The Morgan fingerprint density at radius 3 is 2.44 bits per heavy atom. The van der Waals surface area contributed by atoms with E-state index < -0.39 is 5.97 Å². The number of rotatable bonds is 7. The van der Waals surface area contributed by atoms with Gasteiger partial charge in [-0.25, -0.2) is 10.2 Å². The molecule has 7 nitrogen and oxygen atoms in total. The molecule has 194 valence electrons. The second-order valence-corrected chi connectivity index (χ2v) is 10.0. The van der Waals surface area contributed by atoms with Crippen molar-refractivity contribution in [2.75, 3.05) is 7.11 Å². The third kappa shape index (κ3) is 5.85. The van der Waals surface area contributed by atoms with Crippen molar-refractivity contribution < 1.29 is 19.1 Å². The second kappa shape index (κ2) is 11.5. The van der Waals surface area contributed by atoms with Gasteiger partial charge in [-0.1, -0.05) is 48.0 Å². The summed E-state index contributed by atoms with van der Waals surface area (Å²) in [4.78, 5) is 29.0. The molecule has 0 aliphatic carbocycles. The zero-order valence-corrected chi connectivity index (χ0v) is 23.4. The molecule has 0 aliphatic rings. The Hall–Kier alpha value is -4.44. The van der Waals surface area contributed by atoms with E-state index in [4.69, 9.17) is 9.47 Å². The van der Waals surface area contributed by atoms with Crippen LogP contribution in [-0.2, 0) is 0 Å². The number of hydrogen-bond donors (Lipinski definition) is 2. The normalized spacial score (nSPS) is 11.1. The molecule has 0 saturated heterocycles. The zero-order valence-electron chi connectivity index (χ0n) is 21.2. The topological polar surface area (TPSA) is 92.8 Å². The number of methoxy groups -OCH3 is 1. The molecular formula is C31H24IN3O4. The van der Waals surface area contributed by atoms with E-state index in [2.05, 4.69) is 38.1 Å². The van der Waals surface area contributed by atoms with Gasteiger partial charge in [0.25, 0.3) is 5.91 Å². The van der Waals surface area contributed by atoms with Gasteiger partial charge in [0.2, 0.25) is 0 Å². The van der Waals surface area contributed by atoms with E-state index in [1.165, 1.54) is 13.3 Å². The minimum absolute atomic E-state index is 0.282. The number of carbonyl (C=O) groups excluding carboxylic acids is 2. The van der Waals surface area contributed by atoms with Crippen molar-refractivity contribution in [1.29, 1.82) is 0 Å². The predicted octanol–water partition coefficient (Wildman–Crippen LogP) is 6.74. The predicted molar refractivity (Wildman–Crippen MR) is 161 cm³/mol. The van der Waals surface area contributed by atoms with Crippen molar-refractivity contribution in [3.05, 3.63) is 117 Å². The number of benzene rings is 4. The SMILES string of the molecule is COc1cc(C=NNC(=O)c2[nH]c3ccc(I)cc3c2-c2ccccc2)ccc1OC(=O)c1ccc(C)cc1. The standard InChI is InChI=1S/C31H24IN3O4/c1-19-8-11-22(12-9-19)31(37)39-26-15-10-20(16-27(26)38-2)18-33-35-30(36)29-28(21-6-4-3-5-7-21)24-17-23(32)13-14-25(24)34-29/h3-18,34H,1-2H3,(H,35,36). The lowest BCUT2D eigenvalue weighted by atomic mass is 10.0. The monoisotopic (exact) mass is 629 g/mol. The number of aromatic amines is 1. The fraction of sp³-hybridized carbons (Fsp3) is 0.0645. The lowest BCUT2D eigenvalue weighted by Crippen LogP contribution is -2.18. The molecule has 1 amide bonds. The van der Waals surface area contributed by atoms with Crippen LogP contribution in [0.3, 0.4) is 0 Å². The van der Waals surface area contributed by atoms with Gasteiger partial charge in [0, 0.05) is 20.0 Å². The van der Waals surface area contributed by atoms with Crippen molar-refractivity contribution in [2.45, 2.75) is 6.92 Å². The van der Waals surface area contributed by atoms with E-state index >= 15 is 0 Å². The third-order valence-corrected chi connectivity index (χ3v) is 6.78. The second-order valence-electron chi connectivity index (χ2n) is 8.80. The lowest BCUT2D eigenvalue weighted by molar-refractivity contribution is 0.0729. The van der Waals surface area contributed by atoms with Crippen LogP contribution in [0.5, 0.6) is 11.5 Å². The van der Waals surface area contributed by atoms with Crippen molar-refractivity contribution in [1.82, 2.24) is 10.4 Å². The van der Waals surface area contributed by atoms with E-state index in [9.17, 15) is 9.59 Å². The average molecular weight is 629 g/mol. The van der Waals surface area contributed by atoms with Gasteiger partial charge in [0.1, 0.15) is 5.69 Å². The van der Waals surface area contributed by atoms with Crippen LogP contribution in [0.25, 0.3) is 22.0 Å². The van der Waals surface area contributed by atoms with Gasteiger partial charge in [-0.05, 0) is 89.2 Å². The van der Waals surface area contributed by atoms with E-state index in [1.807, 2.05) is 67.6 Å². The molecule has 0 bridgehead atoms. The Balaban J connectivity index is 1.34. The Bertz CT molecular complexity index is 1690. The largest absolute Gasteiger partial charge is 0.493 e. The number of fused-ring (bicyclic) bond motifs is 1.